The van der Waals surface area contributed by atoms with Crippen LogP contribution >= 0.6 is 24.2 Å². The zero-order valence-electron chi connectivity index (χ0n) is 12.1. The Hall–Kier alpha value is -0.980. The molecule has 1 aromatic heterocycles. The summed E-state index contributed by atoms with van der Waals surface area (Å²) in [4.78, 5) is 15.6. The Bertz CT molecular complexity index is 431. The average molecular weight is 332 g/mol. The van der Waals surface area contributed by atoms with Crippen LogP contribution in [0.3, 0.4) is 0 Å². The quantitative estimate of drug-likeness (QED) is 0.638. The highest BCUT2D eigenvalue weighted by molar-refractivity contribution is 7.81. The number of anilines is 1. The molecule has 0 aliphatic carbocycles. The number of pyridine rings is 1. The first-order valence-corrected chi connectivity index (χ1v) is 7.89. The van der Waals surface area contributed by atoms with Crippen molar-refractivity contribution in [2.24, 2.45) is 11.7 Å². The van der Waals surface area contributed by atoms with E-state index in [1.54, 1.807) is 12.1 Å². The number of carbonyl (C=O) groups excluding carboxylic acids is 1. The topological polar surface area (TPSA) is 77.2 Å². The summed E-state index contributed by atoms with van der Waals surface area (Å²) in [7, 11) is 0. The maximum absolute atomic E-state index is 11.7. The van der Waals surface area contributed by atoms with E-state index >= 15 is 0 Å². The lowest BCUT2D eigenvalue weighted by Gasteiger charge is -2.21. The lowest BCUT2D eigenvalue weighted by atomic mass is 9.96. The van der Waals surface area contributed by atoms with Crippen LogP contribution in [-0.2, 0) is 4.74 Å². The lowest BCUT2D eigenvalue weighted by Crippen LogP contribution is -2.25. The molecule has 5 nitrogen and oxygen atoms in total. The SMILES string of the molecule is CC[C@@H](CCCN)C(S)COC(=O)Nc1ccc(Cl)cn1. The molecular formula is C14H22ClN3O2S. The summed E-state index contributed by atoms with van der Waals surface area (Å²) in [6.45, 7) is 3.02. The molecule has 7 heteroatoms. The number of thiol groups is 1. The van der Waals surface area contributed by atoms with Crippen LogP contribution in [0.15, 0.2) is 18.3 Å². The standard InChI is InChI=1S/C14H22ClN3O2S/c1-2-10(4-3-7-16)12(21)9-20-14(19)18-13-6-5-11(15)8-17-13/h5-6,8,10,12,21H,2-4,7,9,16H2,1H3,(H,17,18,19)/t10-,12?/m0/s1. The minimum absolute atomic E-state index is 0.00507. The third-order valence-corrected chi connectivity index (χ3v) is 3.98. The molecule has 0 fully saturated rings. The fourth-order valence-electron chi connectivity index (χ4n) is 1.94. The fraction of sp³-hybridized carbons (Fsp3) is 0.571. The van der Waals surface area contributed by atoms with E-state index in [2.05, 4.69) is 29.9 Å². The number of nitrogens with zero attached hydrogens (tertiary/aromatic N) is 1. The van der Waals surface area contributed by atoms with Gasteiger partial charge >= 0.3 is 6.09 Å². The monoisotopic (exact) mass is 331 g/mol. The molecule has 1 rings (SSSR count). The Balaban J connectivity index is 2.35. The zero-order valence-corrected chi connectivity index (χ0v) is 13.7. The van der Waals surface area contributed by atoms with E-state index in [1.165, 1.54) is 6.20 Å². The number of ether oxygens (including phenoxy) is 1. The molecule has 0 bridgehead atoms. The van der Waals surface area contributed by atoms with Crippen LogP contribution in [0.1, 0.15) is 26.2 Å². The van der Waals surface area contributed by atoms with Crippen LogP contribution in [0.5, 0.6) is 0 Å². The van der Waals surface area contributed by atoms with Crippen molar-refractivity contribution in [3.8, 4) is 0 Å². The van der Waals surface area contributed by atoms with Gasteiger partial charge in [-0.2, -0.15) is 12.6 Å². The number of rotatable bonds is 8. The molecule has 0 aliphatic heterocycles. The summed E-state index contributed by atoms with van der Waals surface area (Å²) < 4.78 is 5.17. The van der Waals surface area contributed by atoms with Gasteiger partial charge in [0.05, 0.1) is 5.02 Å². The van der Waals surface area contributed by atoms with Crippen molar-refractivity contribution in [2.75, 3.05) is 18.5 Å². The summed E-state index contributed by atoms with van der Waals surface area (Å²) in [6.07, 6.45) is 3.84. The molecule has 1 heterocycles. The van der Waals surface area contributed by atoms with Crippen molar-refractivity contribution in [1.82, 2.24) is 4.98 Å². The molecule has 1 aromatic rings. The molecule has 3 N–H and O–H groups in total. The number of hydrogen-bond acceptors (Lipinski definition) is 5. The minimum atomic E-state index is -0.544. The predicted molar refractivity (Wildman–Crippen MR) is 89.1 cm³/mol. The largest absolute Gasteiger partial charge is 0.448 e. The third-order valence-electron chi connectivity index (χ3n) is 3.19. The van der Waals surface area contributed by atoms with Gasteiger partial charge in [0.2, 0.25) is 0 Å². The van der Waals surface area contributed by atoms with Crippen molar-refractivity contribution in [3.63, 3.8) is 0 Å². The van der Waals surface area contributed by atoms with Gasteiger partial charge in [-0.15, -0.1) is 0 Å². The molecule has 0 saturated carbocycles. The van der Waals surface area contributed by atoms with Gasteiger partial charge in [-0.3, -0.25) is 5.32 Å². The number of aromatic nitrogens is 1. The second-order valence-corrected chi connectivity index (χ2v) is 5.85. The Morgan fingerprint density at radius 1 is 1.57 bits per heavy atom. The number of hydrogen-bond donors (Lipinski definition) is 3. The number of amides is 1. The molecule has 0 saturated heterocycles. The van der Waals surface area contributed by atoms with E-state index < -0.39 is 6.09 Å². The number of nitrogens with two attached hydrogens (primary N) is 1. The van der Waals surface area contributed by atoms with E-state index in [0.29, 0.717) is 23.3 Å². The van der Waals surface area contributed by atoms with Crippen LogP contribution in [-0.4, -0.2) is 29.5 Å². The first kappa shape index (κ1) is 18.1. The summed E-state index contributed by atoms with van der Waals surface area (Å²) >= 11 is 10.2. The summed E-state index contributed by atoms with van der Waals surface area (Å²) in [5.41, 5.74) is 5.51. The highest BCUT2D eigenvalue weighted by atomic mass is 35.5. The Labute approximate surface area is 136 Å². The third kappa shape index (κ3) is 7.02. The summed E-state index contributed by atoms with van der Waals surface area (Å²) in [5, 5.41) is 3.05. The summed E-state index contributed by atoms with van der Waals surface area (Å²) in [5.74, 6) is 0.786. The Kier molecular flexibility index (Phi) is 8.49. The molecule has 2 atom stereocenters. The highest BCUT2D eigenvalue weighted by Gasteiger charge is 2.18. The lowest BCUT2D eigenvalue weighted by molar-refractivity contribution is 0.154. The number of nitrogens with one attached hydrogen (secondary N) is 1. The maximum atomic E-state index is 11.7. The van der Waals surface area contributed by atoms with Crippen molar-refractivity contribution in [2.45, 2.75) is 31.4 Å². The van der Waals surface area contributed by atoms with Crippen LogP contribution in [0.4, 0.5) is 10.6 Å². The summed E-state index contributed by atoms with van der Waals surface area (Å²) in [6, 6.07) is 3.25. The fourth-order valence-corrected chi connectivity index (χ4v) is 2.48. The molecule has 21 heavy (non-hydrogen) atoms. The molecular weight excluding hydrogens is 310 g/mol. The zero-order chi connectivity index (χ0) is 15.7. The van der Waals surface area contributed by atoms with Gasteiger partial charge in [-0.1, -0.05) is 24.9 Å². The van der Waals surface area contributed by atoms with Crippen LogP contribution in [0, 0.1) is 5.92 Å². The van der Waals surface area contributed by atoms with Gasteiger partial charge in [0, 0.05) is 11.4 Å². The van der Waals surface area contributed by atoms with Crippen LogP contribution in [0.25, 0.3) is 0 Å². The van der Waals surface area contributed by atoms with E-state index in [4.69, 9.17) is 22.1 Å². The Morgan fingerprint density at radius 2 is 2.33 bits per heavy atom. The van der Waals surface area contributed by atoms with Gasteiger partial charge < -0.3 is 10.5 Å². The van der Waals surface area contributed by atoms with Gasteiger partial charge in [-0.05, 0) is 37.4 Å². The van der Waals surface area contributed by atoms with Crippen molar-refractivity contribution in [3.05, 3.63) is 23.4 Å². The van der Waals surface area contributed by atoms with E-state index in [-0.39, 0.29) is 11.9 Å². The minimum Gasteiger partial charge on any atom is -0.448 e. The van der Waals surface area contributed by atoms with E-state index in [9.17, 15) is 4.79 Å². The van der Waals surface area contributed by atoms with Gasteiger partial charge in [-0.25, -0.2) is 9.78 Å². The molecule has 0 aliphatic rings. The van der Waals surface area contributed by atoms with E-state index in [0.717, 1.165) is 19.3 Å². The predicted octanol–water partition coefficient (Wildman–Crippen LogP) is 3.35. The molecule has 118 valence electrons. The highest BCUT2D eigenvalue weighted by Crippen LogP contribution is 2.20. The normalized spacial score (nSPS) is 13.5. The average Bonchev–Trinajstić information content (AvgIpc) is 2.48. The van der Waals surface area contributed by atoms with Crippen molar-refractivity contribution in [1.29, 1.82) is 0 Å². The van der Waals surface area contributed by atoms with Gasteiger partial charge in [0.15, 0.2) is 0 Å². The second kappa shape index (κ2) is 9.87. The molecule has 0 spiro atoms. The van der Waals surface area contributed by atoms with Gasteiger partial charge in [0.1, 0.15) is 12.4 Å². The maximum Gasteiger partial charge on any atom is 0.412 e. The van der Waals surface area contributed by atoms with Crippen molar-refractivity contribution >= 4 is 36.1 Å². The second-order valence-electron chi connectivity index (χ2n) is 4.75. The molecule has 1 unspecified atom stereocenters. The Morgan fingerprint density at radius 3 is 2.90 bits per heavy atom. The van der Waals surface area contributed by atoms with Crippen molar-refractivity contribution < 1.29 is 9.53 Å². The molecule has 0 aromatic carbocycles. The van der Waals surface area contributed by atoms with Crippen LogP contribution < -0.4 is 11.1 Å². The number of halogens is 1. The smallest absolute Gasteiger partial charge is 0.412 e. The van der Waals surface area contributed by atoms with E-state index in [1.807, 2.05) is 0 Å². The first-order valence-electron chi connectivity index (χ1n) is 7.00. The van der Waals surface area contributed by atoms with Gasteiger partial charge in [0.25, 0.3) is 0 Å². The molecule has 0 radical (unpaired) electrons. The first-order chi connectivity index (χ1) is 10.1. The molecule has 1 amide bonds. The van der Waals surface area contributed by atoms with Crippen LogP contribution in [0.2, 0.25) is 5.02 Å². The number of carbonyl (C=O) groups is 1.